The molecule has 0 saturated carbocycles. The van der Waals surface area contributed by atoms with Crippen LogP contribution >= 0.6 is 11.8 Å². The predicted molar refractivity (Wildman–Crippen MR) is 52.6 cm³/mol. The molecule has 14 heavy (non-hydrogen) atoms. The van der Waals surface area contributed by atoms with Gasteiger partial charge in [-0.1, -0.05) is 6.07 Å². The second-order valence-electron chi connectivity index (χ2n) is 2.31. The summed E-state index contributed by atoms with van der Waals surface area (Å²) in [6.45, 7) is 0. The van der Waals surface area contributed by atoms with E-state index in [0.29, 0.717) is 0 Å². The number of ether oxygens (including phenoxy) is 1. The minimum Gasteiger partial charge on any atom is -0.418 e. The number of hydrogen-bond donors (Lipinski definition) is 0. The number of carbonyl (C=O) groups excluding carboxylic acids is 1. The monoisotopic (exact) mass is 213 g/mol. The Balaban J connectivity index is 2.83. The topological polar surface area (TPSA) is 69.4 Å². The molecule has 0 aliphatic heterocycles. The van der Waals surface area contributed by atoms with Gasteiger partial charge in [0, 0.05) is 6.07 Å². The maximum atomic E-state index is 10.8. The van der Waals surface area contributed by atoms with E-state index in [1.165, 1.54) is 24.3 Å². The van der Waals surface area contributed by atoms with Crippen molar-refractivity contribution in [3.8, 4) is 5.75 Å². The lowest BCUT2D eigenvalue weighted by Gasteiger charge is -2.00. The number of non-ortho nitro benzene ring substituents is 1. The molecule has 5 nitrogen and oxygen atoms in total. The van der Waals surface area contributed by atoms with E-state index in [-0.39, 0.29) is 11.4 Å². The molecule has 0 aliphatic carbocycles. The fraction of sp³-hybridized carbons (Fsp3) is 0.125. The highest BCUT2D eigenvalue weighted by Gasteiger charge is 2.08. The Bertz CT molecular complexity index is 366. The molecular weight excluding hydrogens is 206 g/mol. The third kappa shape index (κ3) is 2.74. The first-order chi connectivity index (χ1) is 6.63. The Kier molecular flexibility index (Phi) is 3.47. The van der Waals surface area contributed by atoms with E-state index in [9.17, 15) is 14.9 Å². The molecule has 0 fully saturated rings. The van der Waals surface area contributed by atoms with E-state index in [4.69, 9.17) is 4.74 Å². The summed E-state index contributed by atoms with van der Waals surface area (Å²) in [5.74, 6) is 0.179. The lowest BCUT2D eigenvalue weighted by atomic mass is 10.3. The molecule has 0 saturated heterocycles. The largest absolute Gasteiger partial charge is 0.418 e. The van der Waals surface area contributed by atoms with E-state index >= 15 is 0 Å². The van der Waals surface area contributed by atoms with Gasteiger partial charge in [-0.15, -0.1) is 0 Å². The van der Waals surface area contributed by atoms with E-state index in [1.807, 2.05) is 0 Å². The molecule has 1 aromatic rings. The first-order valence-electron chi connectivity index (χ1n) is 3.63. The fourth-order valence-electron chi connectivity index (χ4n) is 0.798. The van der Waals surface area contributed by atoms with Gasteiger partial charge in [0.1, 0.15) is 5.75 Å². The van der Waals surface area contributed by atoms with Crippen LogP contribution < -0.4 is 4.74 Å². The average molecular weight is 213 g/mol. The van der Waals surface area contributed by atoms with E-state index < -0.39 is 10.2 Å². The van der Waals surface area contributed by atoms with Gasteiger partial charge < -0.3 is 4.74 Å². The summed E-state index contributed by atoms with van der Waals surface area (Å²) in [6, 6.07) is 5.48. The number of hydrogen-bond acceptors (Lipinski definition) is 5. The molecule has 1 rings (SSSR count). The molecule has 0 amide bonds. The molecule has 0 unspecified atom stereocenters. The molecule has 0 aliphatic rings. The quantitative estimate of drug-likeness (QED) is 0.428. The Morgan fingerprint density at radius 2 is 2.29 bits per heavy atom. The second-order valence-corrected chi connectivity index (χ2v) is 3.05. The van der Waals surface area contributed by atoms with Crippen LogP contribution in [-0.2, 0) is 0 Å². The van der Waals surface area contributed by atoms with Crippen molar-refractivity contribution in [3.63, 3.8) is 0 Å². The van der Waals surface area contributed by atoms with Crippen molar-refractivity contribution in [2.75, 3.05) is 6.26 Å². The van der Waals surface area contributed by atoms with Crippen LogP contribution in [0.4, 0.5) is 10.5 Å². The highest BCUT2D eigenvalue weighted by molar-refractivity contribution is 8.12. The first-order valence-corrected chi connectivity index (χ1v) is 4.86. The molecule has 0 radical (unpaired) electrons. The number of nitro groups is 1. The van der Waals surface area contributed by atoms with Crippen LogP contribution in [0.15, 0.2) is 24.3 Å². The Labute approximate surface area is 84.2 Å². The average Bonchev–Trinajstić information content (AvgIpc) is 2.18. The molecule has 0 aromatic heterocycles. The summed E-state index contributed by atoms with van der Waals surface area (Å²) < 4.78 is 4.77. The number of rotatable bonds is 2. The minimum absolute atomic E-state index is 0.101. The van der Waals surface area contributed by atoms with Gasteiger partial charge >= 0.3 is 5.30 Å². The van der Waals surface area contributed by atoms with E-state index in [1.54, 1.807) is 6.26 Å². The van der Waals surface area contributed by atoms with Crippen molar-refractivity contribution in [1.82, 2.24) is 0 Å². The zero-order valence-corrected chi connectivity index (χ0v) is 8.11. The molecule has 0 N–H and O–H groups in total. The summed E-state index contributed by atoms with van der Waals surface area (Å²) in [6.07, 6.45) is 1.57. The molecule has 0 spiro atoms. The normalized spacial score (nSPS) is 9.50. The van der Waals surface area contributed by atoms with Crippen LogP contribution in [0.2, 0.25) is 0 Å². The fourth-order valence-corrected chi connectivity index (χ4v) is 0.978. The second kappa shape index (κ2) is 4.61. The van der Waals surface area contributed by atoms with Gasteiger partial charge in [-0.25, -0.2) is 4.79 Å². The molecule has 74 valence electrons. The van der Waals surface area contributed by atoms with Crippen LogP contribution in [0.1, 0.15) is 0 Å². The Hall–Kier alpha value is -1.56. The lowest BCUT2D eigenvalue weighted by molar-refractivity contribution is -0.384. The number of carbonyl (C=O) groups is 1. The van der Waals surface area contributed by atoms with Crippen molar-refractivity contribution in [3.05, 3.63) is 34.4 Å². The molecule has 0 bridgehead atoms. The van der Waals surface area contributed by atoms with Gasteiger partial charge in [0.25, 0.3) is 5.69 Å². The Morgan fingerprint density at radius 3 is 2.86 bits per heavy atom. The van der Waals surface area contributed by atoms with Crippen molar-refractivity contribution in [2.45, 2.75) is 0 Å². The van der Waals surface area contributed by atoms with Gasteiger partial charge in [0.05, 0.1) is 11.0 Å². The first kappa shape index (κ1) is 10.5. The summed E-state index contributed by atoms with van der Waals surface area (Å²) in [4.78, 5) is 20.7. The maximum Gasteiger partial charge on any atom is 0.372 e. The van der Waals surface area contributed by atoms with Gasteiger partial charge in [-0.2, -0.15) is 0 Å². The SMILES string of the molecule is CSC(=O)Oc1cccc([N+](=O)[O-])c1. The summed E-state index contributed by atoms with van der Waals surface area (Å²) in [5.41, 5.74) is -0.101. The summed E-state index contributed by atoms with van der Waals surface area (Å²) in [5, 5.41) is 9.87. The molecule has 1 aromatic carbocycles. The maximum absolute atomic E-state index is 10.8. The van der Waals surface area contributed by atoms with Crippen LogP contribution in [0, 0.1) is 10.1 Å². The highest BCUT2D eigenvalue weighted by Crippen LogP contribution is 2.20. The predicted octanol–water partition coefficient (Wildman–Crippen LogP) is 2.46. The summed E-state index contributed by atoms with van der Waals surface area (Å²) in [7, 11) is 0. The third-order valence-corrected chi connectivity index (χ3v) is 1.81. The molecular formula is C8H7NO4S. The van der Waals surface area contributed by atoms with Crippen molar-refractivity contribution >= 4 is 22.8 Å². The van der Waals surface area contributed by atoms with Gasteiger partial charge in [0.2, 0.25) is 0 Å². The Morgan fingerprint density at radius 1 is 1.57 bits per heavy atom. The number of thioether (sulfide) groups is 1. The zero-order valence-electron chi connectivity index (χ0n) is 7.30. The summed E-state index contributed by atoms with van der Waals surface area (Å²) >= 11 is 0.903. The van der Waals surface area contributed by atoms with Gasteiger partial charge in [-0.3, -0.25) is 10.1 Å². The highest BCUT2D eigenvalue weighted by atomic mass is 32.2. The third-order valence-electron chi connectivity index (χ3n) is 1.40. The van der Waals surface area contributed by atoms with E-state index in [0.717, 1.165) is 11.8 Å². The minimum atomic E-state index is -0.545. The number of nitro benzene ring substituents is 1. The van der Waals surface area contributed by atoms with E-state index in [2.05, 4.69) is 0 Å². The lowest BCUT2D eigenvalue weighted by Crippen LogP contribution is -1.99. The van der Waals surface area contributed by atoms with Crippen LogP contribution in [-0.4, -0.2) is 16.5 Å². The van der Waals surface area contributed by atoms with Crippen molar-refractivity contribution in [2.24, 2.45) is 0 Å². The van der Waals surface area contributed by atoms with Gasteiger partial charge in [-0.05, 0) is 24.1 Å². The molecule has 0 atom stereocenters. The number of nitrogens with zero attached hydrogens (tertiary/aromatic N) is 1. The standard InChI is InChI=1S/C8H7NO4S/c1-14-8(10)13-7-4-2-3-6(5-7)9(11)12/h2-5H,1H3. The van der Waals surface area contributed by atoms with Gasteiger partial charge in [0.15, 0.2) is 0 Å². The zero-order chi connectivity index (χ0) is 10.6. The van der Waals surface area contributed by atoms with Crippen LogP contribution in [0.3, 0.4) is 0 Å². The van der Waals surface area contributed by atoms with Crippen molar-refractivity contribution < 1.29 is 14.5 Å². The molecule has 6 heteroatoms. The smallest absolute Gasteiger partial charge is 0.372 e. The van der Waals surface area contributed by atoms with Crippen LogP contribution in [0.5, 0.6) is 5.75 Å². The molecule has 0 heterocycles. The van der Waals surface area contributed by atoms with Crippen molar-refractivity contribution in [1.29, 1.82) is 0 Å². The number of benzene rings is 1. The van der Waals surface area contributed by atoms with Crippen LogP contribution in [0.25, 0.3) is 0 Å².